The Morgan fingerprint density at radius 2 is 1.88 bits per heavy atom. The monoisotopic (exact) mass is 134 g/mol. The van der Waals surface area contributed by atoms with Crippen LogP contribution >= 0.6 is 12.6 Å². The lowest BCUT2D eigenvalue weighted by molar-refractivity contribution is 0.0851. The molecular weight excluding hydrogens is 120 g/mol. The molecule has 0 aromatic rings. The van der Waals surface area contributed by atoms with E-state index in [1.165, 1.54) is 0 Å². The Kier molecular flexibility index (Phi) is 5.66. The zero-order valence-electron chi connectivity index (χ0n) is 5.55. The maximum atomic E-state index is 5.20. The third-order valence-electron chi connectivity index (χ3n) is 1.22. The second-order valence-corrected chi connectivity index (χ2v) is 1.99. The highest BCUT2D eigenvalue weighted by molar-refractivity contribution is 7.80. The summed E-state index contributed by atoms with van der Waals surface area (Å²) in [5.41, 5.74) is 0. The number of ether oxygens (including phenoxy) is 1. The van der Waals surface area contributed by atoms with Crippen molar-refractivity contribution >= 4 is 12.6 Å². The fourth-order valence-corrected chi connectivity index (χ4v) is 0.841. The van der Waals surface area contributed by atoms with Crippen LogP contribution in [0.5, 0.6) is 0 Å². The Morgan fingerprint density at radius 1 is 1.38 bits per heavy atom. The van der Waals surface area contributed by atoms with Crippen LogP contribution in [0.25, 0.3) is 0 Å². The molecule has 0 aromatic carbocycles. The Morgan fingerprint density at radius 3 is 2.00 bits per heavy atom. The highest BCUT2D eigenvalue weighted by atomic mass is 32.1. The molecule has 0 saturated heterocycles. The van der Waals surface area contributed by atoms with Crippen molar-refractivity contribution in [2.24, 2.45) is 0 Å². The van der Waals surface area contributed by atoms with E-state index in [0.717, 1.165) is 12.8 Å². The van der Waals surface area contributed by atoms with Crippen molar-refractivity contribution in [3.05, 3.63) is 0 Å². The predicted molar refractivity (Wildman–Crippen MR) is 39.3 cm³/mol. The molecular formula is C6H14OS. The molecule has 0 aliphatic rings. The number of rotatable bonds is 4. The second kappa shape index (κ2) is 5.45. The third-order valence-corrected chi connectivity index (χ3v) is 1.37. The molecule has 1 nitrogen and oxygen atoms in total. The Bertz CT molecular complexity index is 43.8. The lowest BCUT2D eigenvalue weighted by atomic mass is 10.2. The van der Waals surface area contributed by atoms with Crippen LogP contribution < -0.4 is 0 Å². The van der Waals surface area contributed by atoms with Crippen molar-refractivity contribution in [3.8, 4) is 0 Å². The van der Waals surface area contributed by atoms with Crippen LogP contribution in [0, 0.1) is 0 Å². The van der Waals surface area contributed by atoms with Crippen LogP contribution in [0.4, 0.5) is 0 Å². The first-order valence-electron chi connectivity index (χ1n) is 3.07. The highest BCUT2D eigenvalue weighted by Crippen LogP contribution is 2.01. The summed E-state index contributed by atoms with van der Waals surface area (Å²) in [6, 6.07) is 0. The van der Waals surface area contributed by atoms with Gasteiger partial charge in [0.25, 0.3) is 0 Å². The van der Waals surface area contributed by atoms with Crippen LogP contribution in [-0.2, 0) is 4.74 Å². The zero-order valence-corrected chi connectivity index (χ0v) is 6.45. The molecule has 8 heavy (non-hydrogen) atoms. The lowest BCUT2D eigenvalue weighted by Crippen LogP contribution is -2.08. The van der Waals surface area contributed by atoms with E-state index < -0.39 is 0 Å². The molecule has 0 heterocycles. The maximum absolute atomic E-state index is 5.20. The van der Waals surface area contributed by atoms with Gasteiger partial charge >= 0.3 is 0 Å². The molecule has 0 fully saturated rings. The van der Waals surface area contributed by atoms with E-state index >= 15 is 0 Å². The summed E-state index contributed by atoms with van der Waals surface area (Å²) < 4.78 is 5.20. The molecule has 0 saturated carbocycles. The van der Waals surface area contributed by atoms with E-state index in [1.807, 2.05) is 0 Å². The van der Waals surface area contributed by atoms with Gasteiger partial charge in [0.05, 0.1) is 12.0 Å². The molecule has 0 bridgehead atoms. The standard InChI is InChI=1S/C6H14OS/c1-3-6(4-2)7-5-8/h6,8H,3-5H2,1-2H3. The minimum Gasteiger partial charge on any atom is -0.368 e. The summed E-state index contributed by atoms with van der Waals surface area (Å²) in [4.78, 5) is 0. The van der Waals surface area contributed by atoms with Gasteiger partial charge in [-0.15, -0.1) is 0 Å². The van der Waals surface area contributed by atoms with Crippen LogP contribution in [0.3, 0.4) is 0 Å². The van der Waals surface area contributed by atoms with Gasteiger partial charge in [0.1, 0.15) is 0 Å². The van der Waals surface area contributed by atoms with E-state index in [-0.39, 0.29) is 0 Å². The third kappa shape index (κ3) is 3.33. The van der Waals surface area contributed by atoms with Crippen LogP contribution in [0.1, 0.15) is 26.7 Å². The second-order valence-electron chi connectivity index (χ2n) is 1.73. The molecule has 0 radical (unpaired) electrons. The van der Waals surface area contributed by atoms with Crippen LogP contribution in [0.15, 0.2) is 0 Å². The number of thiol groups is 1. The first-order valence-corrected chi connectivity index (χ1v) is 3.70. The molecule has 0 spiro atoms. The largest absolute Gasteiger partial charge is 0.368 e. The van der Waals surface area contributed by atoms with Gasteiger partial charge < -0.3 is 4.74 Å². The zero-order chi connectivity index (χ0) is 6.41. The molecule has 0 aliphatic carbocycles. The average Bonchev–Trinajstić information content (AvgIpc) is 1.83. The first kappa shape index (κ1) is 8.31. The SMILES string of the molecule is CCC(CC)OCS. The van der Waals surface area contributed by atoms with Crippen molar-refractivity contribution in [1.29, 1.82) is 0 Å². The van der Waals surface area contributed by atoms with E-state index in [1.54, 1.807) is 0 Å². The van der Waals surface area contributed by atoms with E-state index in [4.69, 9.17) is 4.74 Å². The van der Waals surface area contributed by atoms with Crippen molar-refractivity contribution in [2.75, 3.05) is 5.94 Å². The van der Waals surface area contributed by atoms with E-state index in [2.05, 4.69) is 26.5 Å². The smallest absolute Gasteiger partial charge is 0.0896 e. The van der Waals surface area contributed by atoms with Crippen LogP contribution in [-0.4, -0.2) is 12.0 Å². The minimum atomic E-state index is 0.424. The van der Waals surface area contributed by atoms with Gasteiger partial charge in [0.15, 0.2) is 0 Å². The molecule has 0 aliphatic heterocycles. The minimum absolute atomic E-state index is 0.424. The van der Waals surface area contributed by atoms with Crippen molar-refractivity contribution < 1.29 is 4.74 Å². The predicted octanol–water partition coefficient (Wildman–Crippen LogP) is 2.08. The fraction of sp³-hybridized carbons (Fsp3) is 1.00. The lowest BCUT2D eigenvalue weighted by Gasteiger charge is -2.10. The summed E-state index contributed by atoms with van der Waals surface area (Å²) in [7, 11) is 0. The molecule has 0 amide bonds. The van der Waals surface area contributed by atoms with Gasteiger partial charge in [0, 0.05) is 0 Å². The number of hydrogen-bond donors (Lipinski definition) is 1. The Labute approximate surface area is 56.8 Å². The quantitative estimate of drug-likeness (QED) is 0.457. The molecule has 50 valence electrons. The summed E-state index contributed by atoms with van der Waals surface area (Å²) in [5.74, 6) is 0.548. The topological polar surface area (TPSA) is 9.23 Å². The summed E-state index contributed by atoms with van der Waals surface area (Å²) in [6.07, 6.45) is 2.61. The van der Waals surface area contributed by atoms with Crippen molar-refractivity contribution in [2.45, 2.75) is 32.8 Å². The van der Waals surface area contributed by atoms with Gasteiger partial charge in [-0.1, -0.05) is 13.8 Å². The number of hydrogen-bond acceptors (Lipinski definition) is 2. The van der Waals surface area contributed by atoms with E-state index in [9.17, 15) is 0 Å². The summed E-state index contributed by atoms with van der Waals surface area (Å²) >= 11 is 3.95. The summed E-state index contributed by atoms with van der Waals surface area (Å²) in [5, 5.41) is 0. The van der Waals surface area contributed by atoms with Crippen molar-refractivity contribution in [1.82, 2.24) is 0 Å². The van der Waals surface area contributed by atoms with Crippen LogP contribution in [0.2, 0.25) is 0 Å². The molecule has 0 N–H and O–H groups in total. The molecule has 0 aromatic heterocycles. The van der Waals surface area contributed by atoms with Crippen molar-refractivity contribution in [3.63, 3.8) is 0 Å². The van der Waals surface area contributed by atoms with Gasteiger partial charge in [-0.2, -0.15) is 12.6 Å². The molecule has 0 atom stereocenters. The molecule has 2 heteroatoms. The van der Waals surface area contributed by atoms with Gasteiger partial charge in [-0.05, 0) is 12.8 Å². The average molecular weight is 134 g/mol. The van der Waals surface area contributed by atoms with Gasteiger partial charge in [-0.25, -0.2) is 0 Å². The Hall–Kier alpha value is 0.310. The van der Waals surface area contributed by atoms with E-state index in [0.29, 0.717) is 12.0 Å². The first-order chi connectivity index (χ1) is 3.85. The highest BCUT2D eigenvalue weighted by Gasteiger charge is 1.98. The molecule has 0 rings (SSSR count). The maximum Gasteiger partial charge on any atom is 0.0896 e. The summed E-state index contributed by atoms with van der Waals surface area (Å²) in [6.45, 7) is 4.25. The Balaban J connectivity index is 3.07. The molecule has 0 unspecified atom stereocenters. The van der Waals surface area contributed by atoms with Gasteiger partial charge in [0.2, 0.25) is 0 Å². The van der Waals surface area contributed by atoms with Gasteiger partial charge in [-0.3, -0.25) is 0 Å². The normalized spacial score (nSPS) is 10.5. The fourth-order valence-electron chi connectivity index (χ4n) is 0.630.